The van der Waals surface area contributed by atoms with Crippen LogP contribution in [0.3, 0.4) is 0 Å². The van der Waals surface area contributed by atoms with Gasteiger partial charge in [0.25, 0.3) is 0 Å². The molecule has 1 aliphatic heterocycles. The number of amides is 1. The Balaban J connectivity index is 1.49. The van der Waals surface area contributed by atoms with Gasteiger partial charge in [0.1, 0.15) is 0 Å². The van der Waals surface area contributed by atoms with Gasteiger partial charge < -0.3 is 10.0 Å². The molecule has 2 saturated carbocycles. The third-order valence-corrected chi connectivity index (χ3v) is 5.48. The predicted octanol–water partition coefficient (Wildman–Crippen LogP) is 2.28. The zero-order valence-corrected chi connectivity index (χ0v) is 11.4. The third-order valence-electron chi connectivity index (χ3n) is 5.48. The number of piperidine rings is 1. The van der Waals surface area contributed by atoms with Gasteiger partial charge in [-0.15, -0.1) is 0 Å². The first kappa shape index (κ1) is 12.9. The molecular formula is C15H23NO3. The van der Waals surface area contributed by atoms with Gasteiger partial charge in [-0.3, -0.25) is 9.59 Å². The monoisotopic (exact) mass is 265 g/mol. The lowest BCUT2D eigenvalue weighted by Gasteiger charge is -2.32. The maximum absolute atomic E-state index is 12.5. The van der Waals surface area contributed by atoms with Crippen LogP contribution in [0.5, 0.6) is 0 Å². The highest BCUT2D eigenvalue weighted by atomic mass is 16.4. The quantitative estimate of drug-likeness (QED) is 0.851. The molecule has 0 aromatic carbocycles. The van der Waals surface area contributed by atoms with Crippen LogP contribution in [0, 0.1) is 17.3 Å². The van der Waals surface area contributed by atoms with E-state index in [-0.39, 0.29) is 12.3 Å². The maximum atomic E-state index is 12.5. The predicted molar refractivity (Wildman–Crippen MR) is 70.6 cm³/mol. The number of likely N-dealkylation sites (tertiary alicyclic amines) is 1. The molecule has 106 valence electrons. The van der Waals surface area contributed by atoms with Crippen LogP contribution in [-0.2, 0) is 9.59 Å². The van der Waals surface area contributed by atoms with Crippen molar-refractivity contribution < 1.29 is 14.7 Å². The van der Waals surface area contributed by atoms with Gasteiger partial charge in [0.05, 0.1) is 0 Å². The molecule has 3 aliphatic rings. The molecule has 19 heavy (non-hydrogen) atoms. The highest BCUT2D eigenvalue weighted by molar-refractivity contribution is 5.83. The first-order chi connectivity index (χ1) is 9.11. The van der Waals surface area contributed by atoms with Crippen LogP contribution >= 0.6 is 0 Å². The van der Waals surface area contributed by atoms with Crippen molar-refractivity contribution in [2.45, 2.75) is 51.4 Å². The van der Waals surface area contributed by atoms with Gasteiger partial charge in [-0.05, 0) is 43.4 Å². The van der Waals surface area contributed by atoms with E-state index >= 15 is 0 Å². The molecule has 1 amide bonds. The van der Waals surface area contributed by atoms with Gasteiger partial charge >= 0.3 is 5.97 Å². The van der Waals surface area contributed by atoms with E-state index in [2.05, 4.69) is 0 Å². The highest BCUT2D eigenvalue weighted by Gasteiger charge is 2.59. The van der Waals surface area contributed by atoms with Crippen molar-refractivity contribution in [1.82, 2.24) is 4.90 Å². The van der Waals surface area contributed by atoms with Crippen molar-refractivity contribution in [3.05, 3.63) is 0 Å². The largest absolute Gasteiger partial charge is 0.481 e. The zero-order valence-electron chi connectivity index (χ0n) is 11.4. The van der Waals surface area contributed by atoms with Crippen LogP contribution in [-0.4, -0.2) is 35.0 Å². The van der Waals surface area contributed by atoms with E-state index in [0.29, 0.717) is 17.2 Å². The summed E-state index contributed by atoms with van der Waals surface area (Å²) in [5.74, 6) is 0.208. The molecule has 0 bridgehead atoms. The zero-order chi connectivity index (χ0) is 13.5. The minimum absolute atomic E-state index is 0.259. The van der Waals surface area contributed by atoms with E-state index in [1.165, 1.54) is 25.7 Å². The summed E-state index contributed by atoms with van der Waals surface area (Å²) in [4.78, 5) is 25.1. The molecule has 4 heteroatoms. The molecule has 1 spiro atoms. The standard InChI is InChI=1S/C15H23NO3/c17-13(18)9-11-3-7-16(8-4-11)14(19)12-10-15(12)5-1-2-6-15/h11-12H,1-10H2,(H,17,18). The van der Waals surface area contributed by atoms with Gasteiger partial charge in [-0.25, -0.2) is 0 Å². The molecule has 3 rings (SSSR count). The smallest absolute Gasteiger partial charge is 0.303 e. The SMILES string of the molecule is O=C(O)CC1CCN(C(=O)C2CC23CCCC3)CC1. The minimum atomic E-state index is -0.711. The highest BCUT2D eigenvalue weighted by Crippen LogP contribution is 2.63. The Morgan fingerprint density at radius 1 is 1.16 bits per heavy atom. The van der Waals surface area contributed by atoms with Gasteiger partial charge in [-0.2, -0.15) is 0 Å². The molecule has 2 aliphatic carbocycles. The number of nitrogens with zero attached hydrogens (tertiary/aromatic N) is 1. The van der Waals surface area contributed by atoms with Crippen LogP contribution < -0.4 is 0 Å². The molecule has 0 aromatic heterocycles. The molecule has 3 fully saturated rings. The average molecular weight is 265 g/mol. The fraction of sp³-hybridized carbons (Fsp3) is 0.867. The normalized spacial score (nSPS) is 29.7. The second kappa shape index (κ2) is 4.80. The first-order valence-electron chi connectivity index (χ1n) is 7.61. The summed E-state index contributed by atoms with van der Waals surface area (Å²) in [6, 6.07) is 0. The summed E-state index contributed by atoms with van der Waals surface area (Å²) in [6.07, 6.45) is 8.18. The Morgan fingerprint density at radius 3 is 2.37 bits per heavy atom. The third kappa shape index (κ3) is 2.49. The molecule has 1 heterocycles. The van der Waals surface area contributed by atoms with E-state index in [0.717, 1.165) is 32.4 Å². The Kier molecular flexibility index (Phi) is 3.27. The molecule has 4 nitrogen and oxygen atoms in total. The van der Waals surface area contributed by atoms with Crippen molar-refractivity contribution in [1.29, 1.82) is 0 Å². The number of hydrogen-bond donors (Lipinski definition) is 1. The number of carboxylic acids is 1. The molecular weight excluding hydrogens is 242 g/mol. The van der Waals surface area contributed by atoms with E-state index < -0.39 is 5.97 Å². The Morgan fingerprint density at radius 2 is 1.79 bits per heavy atom. The number of rotatable bonds is 3. The lowest BCUT2D eigenvalue weighted by atomic mass is 9.93. The first-order valence-corrected chi connectivity index (χ1v) is 7.61. The van der Waals surface area contributed by atoms with Crippen molar-refractivity contribution >= 4 is 11.9 Å². The Bertz CT molecular complexity index is 379. The second-order valence-corrected chi connectivity index (χ2v) is 6.69. The molecule has 1 saturated heterocycles. The molecule has 1 atom stereocenters. The Labute approximate surface area is 114 Å². The van der Waals surface area contributed by atoms with Crippen LogP contribution in [0.2, 0.25) is 0 Å². The van der Waals surface area contributed by atoms with Crippen LogP contribution in [0.25, 0.3) is 0 Å². The lowest BCUT2D eigenvalue weighted by molar-refractivity contribution is -0.139. The van der Waals surface area contributed by atoms with Crippen molar-refractivity contribution in [2.24, 2.45) is 17.3 Å². The second-order valence-electron chi connectivity index (χ2n) is 6.69. The van der Waals surface area contributed by atoms with Crippen LogP contribution in [0.1, 0.15) is 51.4 Å². The topological polar surface area (TPSA) is 57.6 Å². The van der Waals surface area contributed by atoms with Gasteiger partial charge in [0.15, 0.2) is 0 Å². The van der Waals surface area contributed by atoms with E-state index in [4.69, 9.17) is 5.11 Å². The molecule has 1 unspecified atom stereocenters. The van der Waals surface area contributed by atoms with Crippen molar-refractivity contribution in [3.63, 3.8) is 0 Å². The summed E-state index contributed by atoms with van der Waals surface area (Å²) in [5, 5.41) is 8.80. The van der Waals surface area contributed by atoms with Crippen molar-refractivity contribution in [2.75, 3.05) is 13.1 Å². The summed E-state index contributed by atoms with van der Waals surface area (Å²) < 4.78 is 0. The fourth-order valence-corrected chi connectivity index (χ4v) is 4.15. The van der Waals surface area contributed by atoms with Gasteiger partial charge in [0.2, 0.25) is 5.91 Å². The lowest BCUT2D eigenvalue weighted by Crippen LogP contribution is -2.40. The molecule has 0 aromatic rings. The number of carbonyl (C=O) groups excluding carboxylic acids is 1. The van der Waals surface area contributed by atoms with E-state index in [1.54, 1.807) is 0 Å². The van der Waals surface area contributed by atoms with Crippen LogP contribution in [0.4, 0.5) is 0 Å². The minimum Gasteiger partial charge on any atom is -0.481 e. The van der Waals surface area contributed by atoms with Crippen molar-refractivity contribution in [3.8, 4) is 0 Å². The Hall–Kier alpha value is -1.06. The molecule has 0 radical (unpaired) electrons. The summed E-state index contributed by atoms with van der Waals surface area (Å²) >= 11 is 0. The van der Waals surface area contributed by atoms with Gasteiger partial charge in [-0.1, -0.05) is 12.8 Å². The number of carboxylic acid groups (broad SMARTS) is 1. The maximum Gasteiger partial charge on any atom is 0.303 e. The summed E-state index contributed by atoms with van der Waals surface area (Å²) in [6.45, 7) is 1.53. The summed E-state index contributed by atoms with van der Waals surface area (Å²) in [5.41, 5.74) is 0.384. The van der Waals surface area contributed by atoms with Crippen LogP contribution in [0.15, 0.2) is 0 Å². The van der Waals surface area contributed by atoms with E-state index in [9.17, 15) is 9.59 Å². The number of aliphatic carboxylic acids is 1. The number of hydrogen-bond acceptors (Lipinski definition) is 2. The average Bonchev–Trinajstić information content (AvgIpc) is 2.86. The van der Waals surface area contributed by atoms with Gasteiger partial charge in [0, 0.05) is 25.4 Å². The fourth-order valence-electron chi connectivity index (χ4n) is 4.15. The number of carbonyl (C=O) groups is 2. The molecule has 1 N–H and O–H groups in total. The summed E-state index contributed by atoms with van der Waals surface area (Å²) in [7, 11) is 0. The van der Waals surface area contributed by atoms with E-state index in [1.807, 2.05) is 4.90 Å².